The third-order valence-corrected chi connectivity index (χ3v) is 3.01. The van der Waals surface area contributed by atoms with Crippen LogP contribution in [-0.4, -0.2) is 11.2 Å². The predicted molar refractivity (Wildman–Crippen MR) is 47.3 cm³/mol. The van der Waals surface area contributed by atoms with Crippen LogP contribution >= 0.6 is 0 Å². The van der Waals surface area contributed by atoms with E-state index in [2.05, 4.69) is 20.8 Å². The third kappa shape index (κ3) is 2.48. The molecule has 0 heterocycles. The molecule has 0 amide bonds. The summed E-state index contributed by atoms with van der Waals surface area (Å²) in [5, 5.41) is 9.66. The first-order valence-electron chi connectivity index (χ1n) is 4.83. The first kappa shape index (κ1) is 9.05. The molecule has 0 spiro atoms. The first-order valence-corrected chi connectivity index (χ1v) is 4.83. The third-order valence-electron chi connectivity index (χ3n) is 3.01. The molecule has 1 aliphatic carbocycles. The van der Waals surface area contributed by atoms with E-state index in [1.807, 2.05) is 0 Å². The van der Waals surface area contributed by atoms with Crippen molar-refractivity contribution < 1.29 is 5.11 Å². The molecule has 0 aromatic rings. The molecule has 0 bridgehead atoms. The average molecular weight is 156 g/mol. The molecule has 4 atom stereocenters. The van der Waals surface area contributed by atoms with E-state index in [9.17, 15) is 5.11 Å². The summed E-state index contributed by atoms with van der Waals surface area (Å²) >= 11 is 0. The summed E-state index contributed by atoms with van der Waals surface area (Å²) in [4.78, 5) is 0. The van der Waals surface area contributed by atoms with Gasteiger partial charge in [0.1, 0.15) is 0 Å². The lowest BCUT2D eigenvalue weighted by Gasteiger charge is -2.14. The van der Waals surface area contributed by atoms with Crippen molar-refractivity contribution in [2.45, 2.75) is 46.1 Å². The Balaban J connectivity index is 2.16. The fourth-order valence-electron chi connectivity index (χ4n) is 1.64. The Labute approximate surface area is 69.8 Å². The lowest BCUT2D eigenvalue weighted by atomic mass is 9.98. The lowest BCUT2D eigenvalue weighted by Crippen LogP contribution is -2.14. The standard InChI is InChI=1S/C10H20O/c1-4-7(2)5-10(11)9-6-8(9)3/h7-11H,4-6H2,1-3H3. The zero-order valence-corrected chi connectivity index (χ0v) is 7.88. The molecule has 0 aromatic carbocycles. The van der Waals surface area contributed by atoms with Crippen molar-refractivity contribution in [2.24, 2.45) is 17.8 Å². The predicted octanol–water partition coefficient (Wildman–Crippen LogP) is 2.44. The van der Waals surface area contributed by atoms with Gasteiger partial charge in [-0.25, -0.2) is 0 Å². The second-order valence-electron chi connectivity index (χ2n) is 4.19. The molecule has 0 aliphatic heterocycles. The minimum atomic E-state index is -0.0139. The van der Waals surface area contributed by atoms with Crippen molar-refractivity contribution in [3.8, 4) is 0 Å². The maximum atomic E-state index is 9.66. The van der Waals surface area contributed by atoms with E-state index in [0.29, 0.717) is 11.8 Å². The summed E-state index contributed by atoms with van der Waals surface area (Å²) in [6.45, 7) is 6.63. The van der Waals surface area contributed by atoms with Gasteiger partial charge in [-0.2, -0.15) is 0 Å². The Bertz CT molecular complexity index is 122. The Morgan fingerprint density at radius 1 is 1.55 bits per heavy atom. The first-order chi connectivity index (χ1) is 5.15. The van der Waals surface area contributed by atoms with Crippen molar-refractivity contribution >= 4 is 0 Å². The van der Waals surface area contributed by atoms with Gasteiger partial charge in [-0.05, 0) is 30.6 Å². The maximum absolute atomic E-state index is 9.66. The van der Waals surface area contributed by atoms with Crippen molar-refractivity contribution in [1.29, 1.82) is 0 Å². The monoisotopic (exact) mass is 156 g/mol. The van der Waals surface area contributed by atoms with E-state index >= 15 is 0 Å². The highest BCUT2D eigenvalue weighted by molar-refractivity contribution is 4.88. The van der Waals surface area contributed by atoms with E-state index in [1.165, 1.54) is 12.8 Å². The molecule has 66 valence electrons. The number of hydrogen-bond acceptors (Lipinski definition) is 1. The van der Waals surface area contributed by atoms with Crippen molar-refractivity contribution in [3.05, 3.63) is 0 Å². The smallest absolute Gasteiger partial charge is 0.0573 e. The van der Waals surface area contributed by atoms with Gasteiger partial charge in [0.05, 0.1) is 6.10 Å². The van der Waals surface area contributed by atoms with Crippen LogP contribution in [0.3, 0.4) is 0 Å². The quantitative estimate of drug-likeness (QED) is 0.663. The SMILES string of the molecule is CCC(C)CC(O)C1CC1C. The molecule has 1 N–H and O–H groups in total. The van der Waals surface area contributed by atoms with Crippen molar-refractivity contribution in [3.63, 3.8) is 0 Å². The zero-order chi connectivity index (χ0) is 8.43. The number of aliphatic hydroxyl groups excluding tert-OH is 1. The van der Waals surface area contributed by atoms with Gasteiger partial charge in [0.25, 0.3) is 0 Å². The fourth-order valence-corrected chi connectivity index (χ4v) is 1.64. The largest absolute Gasteiger partial charge is 0.393 e. The highest BCUT2D eigenvalue weighted by Gasteiger charge is 2.38. The Hall–Kier alpha value is -0.0400. The van der Waals surface area contributed by atoms with Gasteiger partial charge in [-0.3, -0.25) is 0 Å². The van der Waals surface area contributed by atoms with Gasteiger partial charge < -0.3 is 5.11 Å². The zero-order valence-electron chi connectivity index (χ0n) is 7.88. The minimum absolute atomic E-state index is 0.0139. The summed E-state index contributed by atoms with van der Waals surface area (Å²) in [7, 11) is 0. The molecule has 1 rings (SSSR count). The van der Waals surface area contributed by atoms with E-state index in [-0.39, 0.29) is 6.10 Å². The highest BCUT2D eigenvalue weighted by atomic mass is 16.3. The van der Waals surface area contributed by atoms with Gasteiger partial charge in [-0.1, -0.05) is 27.2 Å². The summed E-state index contributed by atoms with van der Waals surface area (Å²) in [5.74, 6) is 2.11. The molecule has 0 radical (unpaired) electrons. The molecular weight excluding hydrogens is 136 g/mol. The normalized spacial score (nSPS) is 34.9. The molecule has 1 fully saturated rings. The van der Waals surface area contributed by atoms with Crippen molar-refractivity contribution in [1.82, 2.24) is 0 Å². The van der Waals surface area contributed by atoms with Gasteiger partial charge in [0.2, 0.25) is 0 Å². The number of hydrogen-bond donors (Lipinski definition) is 1. The Kier molecular flexibility index (Phi) is 2.94. The van der Waals surface area contributed by atoms with Crippen LogP contribution in [0.1, 0.15) is 40.0 Å². The van der Waals surface area contributed by atoms with Crippen molar-refractivity contribution in [2.75, 3.05) is 0 Å². The second-order valence-corrected chi connectivity index (χ2v) is 4.19. The number of aliphatic hydroxyl groups is 1. The molecular formula is C10H20O. The van der Waals surface area contributed by atoms with E-state index in [4.69, 9.17) is 0 Å². The van der Waals surface area contributed by atoms with E-state index < -0.39 is 0 Å². The molecule has 0 aromatic heterocycles. The highest BCUT2D eigenvalue weighted by Crippen LogP contribution is 2.42. The molecule has 1 nitrogen and oxygen atoms in total. The molecule has 4 unspecified atom stereocenters. The number of rotatable bonds is 4. The average Bonchev–Trinajstić information content (AvgIpc) is 2.66. The van der Waals surface area contributed by atoms with Crippen LogP contribution in [0.25, 0.3) is 0 Å². The van der Waals surface area contributed by atoms with Crippen LogP contribution in [0.2, 0.25) is 0 Å². The van der Waals surface area contributed by atoms with Gasteiger partial charge in [-0.15, -0.1) is 0 Å². The van der Waals surface area contributed by atoms with Crippen LogP contribution in [-0.2, 0) is 0 Å². The van der Waals surface area contributed by atoms with Crippen LogP contribution in [0, 0.1) is 17.8 Å². The maximum Gasteiger partial charge on any atom is 0.0573 e. The molecule has 11 heavy (non-hydrogen) atoms. The molecule has 1 aliphatic rings. The van der Waals surface area contributed by atoms with Gasteiger partial charge >= 0.3 is 0 Å². The molecule has 0 saturated heterocycles. The van der Waals surface area contributed by atoms with Crippen LogP contribution < -0.4 is 0 Å². The van der Waals surface area contributed by atoms with Gasteiger partial charge in [0.15, 0.2) is 0 Å². The summed E-state index contributed by atoms with van der Waals surface area (Å²) in [6, 6.07) is 0. The van der Waals surface area contributed by atoms with Crippen LogP contribution in [0.5, 0.6) is 0 Å². The van der Waals surface area contributed by atoms with E-state index in [0.717, 1.165) is 12.3 Å². The Morgan fingerprint density at radius 2 is 2.09 bits per heavy atom. The molecule has 1 saturated carbocycles. The topological polar surface area (TPSA) is 20.2 Å². The van der Waals surface area contributed by atoms with Crippen LogP contribution in [0.15, 0.2) is 0 Å². The Morgan fingerprint density at radius 3 is 2.45 bits per heavy atom. The summed E-state index contributed by atoms with van der Waals surface area (Å²) in [5.41, 5.74) is 0. The van der Waals surface area contributed by atoms with E-state index in [1.54, 1.807) is 0 Å². The summed E-state index contributed by atoms with van der Waals surface area (Å²) in [6.07, 6.45) is 3.43. The second kappa shape index (κ2) is 3.57. The van der Waals surface area contributed by atoms with Crippen LogP contribution in [0.4, 0.5) is 0 Å². The minimum Gasteiger partial charge on any atom is -0.393 e. The fraction of sp³-hybridized carbons (Fsp3) is 1.00. The molecule has 1 heteroatoms. The lowest BCUT2D eigenvalue weighted by molar-refractivity contribution is 0.118. The van der Waals surface area contributed by atoms with Gasteiger partial charge in [0, 0.05) is 0 Å². The summed E-state index contributed by atoms with van der Waals surface area (Å²) < 4.78 is 0.